The van der Waals surface area contributed by atoms with Crippen LogP contribution in [-0.2, 0) is 0 Å². The average Bonchev–Trinajstić information content (AvgIpc) is 2.79. The SMILES string of the molecule is CN(C)CCN(C)c1snc(N)c1-c1ccccc1. The first-order valence-electron chi connectivity index (χ1n) is 6.26. The first kappa shape index (κ1) is 13.8. The Morgan fingerprint density at radius 3 is 2.42 bits per heavy atom. The Kier molecular flexibility index (Phi) is 4.39. The van der Waals surface area contributed by atoms with Crippen LogP contribution in [0.15, 0.2) is 30.3 Å². The minimum atomic E-state index is 0.614. The Morgan fingerprint density at radius 1 is 1.11 bits per heavy atom. The van der Waals surface area contributed by atoms with Crippen LogP contribution in [0.5, 0.6) is 0 Å². The molecule has 5 heteroatoms. The van der Waals surface area contributed by atoms with Gasteiger partial charge in [-0.05, 0) is 31.2 Å². The lowest BCUT2D eigenvalue weighted by Gasteiger charge is -2.21. The van der Waals surface area contributed by atoms with E-state index in [2.05, 4.69) is 47.4 Å². The Morgan fingerprint density at radius 2 is 1.79 bits per heavy atom. The lowest BCUT2D eigenvalue weighted by atomic mass is 10.1. The van der Waals surface area contributed by atoms with Crippen molar-refractivity contribution in [2.75, 3.05) is 44.9 Å². The summed E-state index contributed by atoms with van der Waals surface area (Å²) in [5, 5.41) is 1.13. The van der Waals surface area contributed by atoms with Crippen LogP contribution in [0.1, 0.15) is 0 Å². The van der Waals surface area contributed by atoms with Gasteiger partial charge in [0.2, 0.25) is 0 Å². The summed E-state index contributed by atoms with van der Waals surface area (Å²) in [6.45, 7) is 1.96. The van der Waals surface area contributed by atoms with Crippen LogP contribution in [0.25, 0.3) is 11.1 Å². The summed E-state index contributed by atoms with van der Waals surface area (Å²) < 4.78 is 4.31. The van der Waals surface area contributed by atoms with Gasteiger partial charge in [-0.2, -0.15) is 4.37 Å². The molecule has 2 rings (SSSR count). The van der Waals surface area contributed by atoms with Gasteiger partial charge < -0.3 is 15.5 Å². The molecule has 4 nitrogen and oxygen atoms in total. The molecule has 0 amide bonds. The molecule has 0 bridgehead atoms. The van der Waals surface area contributed by atoms with Crippen molar-refractivity contribution in [1.82, 2.24) is 9.27 Å². The second kappa shape index (κ2) is 6.04. The molecule has 0 atom stereocenters. The average molecular weight is 276 g/mol. The van der Waals surface area contributed by atoms with Crippen molar-refractivity contribution in [1.29, 1.82) is 0 Å². The second-order valence-electron chi connectivity index (χ2n) is 4.84. The van der Waals surface area contributed by atoms with Crippen LogP contribution < -0.4 is 10.6 Å². The monoisotopic (exact) mass is 276 g/mol. The molecule has 0 saturated heterocycles. The van der Waals surface area contributed by atoms with Gasteiger partial charge in [-0.3, -0.25) is 0 Å². The third-order valence-corrected chi connectivity index (χ3v) is 3.97. The minimum Gasteiger partial charge on any atom is -0.382 e. The number of anilines is 2. The van der Waals surface area contributed by atoms with Gasteiger partial charge in [-0.15, -0.1) is 0 Å². The summed E-state index contributed by atoms with van der Waals surface area (Å²) in [4.78, 5) is 4.39. The maximum atomic E-state index is 6.03. The standard InChI is InChI=1S/C14H20N4S/c1-17(2)9-10-18(3)14-12(13(15)16-19-14)11-7-5-4-6-8-11/h4-8H,9-10H2,1-3H3,(H2,15,16). The molecule has 1 aromatic carbocycles. The zero-order chi connectivity index (χ0) is 13.8. The number of nitrogens with two attached hydrogens (primary N) is 1. The number of aromatic nitrogens is 1. The molecule has 0 radical (unpaired) electrons. The lowest BCUT2D eigenvalue weighted by molar-refractivity contribution is 0.417. The Hall–Kier alpha value is -1.59. The Bertz CT molecular complexity index is 521. The molecule has 0 fully saturated rings. The van der Waals surface area contributed by atoms with Crippen LogP contribution in [-0.4, -0.2) is 43.5 Å². The second-order valence-corrected chi connectivity index (χ2v) is 5.59. The van der Waals surface area contributed by atoms with Gasteiger partial charge >= 0.3 is 0 Å². The predicted molar refractivity (Wildman–Crippen MR) is 83.8 cm³/mol. The smallest absolute Gasteiger partial charge is 0.147 e. The van der Waals surface area contributed by atoms with Crippen molar-refractivity contribution < 1.29 is 0 Å². The van der Waals surface area contributed by atoms with Gasteiger partial charge in [0.05, 0.1) is 5.56 Å². The Labute approximate surface area is 118 Å². The third kappa shape index (κ3) is 3.24. The number of nitrogens with zero attached hydrogens (tertiary/aromatic N) is 3. The van der Waals surface area contributed by atoms with Crippen LogP contribution in [0.3, 0.4) is 0 Å². The summed E-state index contributed by atoms with van der Waals surface area (Å²) in [6.07, 6.45) is 0. The predicted octanol–water partition coefficient (Wildman–Crippen LogP) is 2.39. The quantitative estimate of drug-likeness (QED) is 0.911. The highest BCUT2D eigenvalue weighted by atomic mass is 32.1. The third-order valence-electron chi connectivity index (χ3n) is 2.99. The molecule has 1 aromatic heterocycles. The molecule has 0 aliphatic carbocycles. The van der Waals surface area contributed by atoms with E-state index in [1.54, 1.807) is 0 Å². The largest absolute Gasteiger partial charge is 0.382 e. The molecule has 0 unspecified atom stereocenters. The van der Waals surface area contributed by atoms with E-state index in [1.807, 2.05) is 18.2 Å². The van der Waals surface area contributed by atoms with Gasteiger partial charge in [0, 0.05) is 20.1 Å². The van der Waals surface area contributed by atoms with E-state index < -0.39 is 0 Å². The molecule has 0 saturated carbocycles. The van der Waals surface area contributed by atoms with E-state index in [0.717, 1.165) is 29.2 Å². The van der Waals surface area contributed by atoms with Crippen molar-refractivity contribution in [2.45, 2.75) is 0 Å². The highest BCUT2D eigenvalue weighted by Crippen LogP contribution is 2.38. The van der Waals surface area contributed by atoms with E-state index in [4.69, 9.17) is 5.73 Å². The number of rotatable bonds is 5. The minimum absolute atomic E-state index is 0.614. The van der Waals surface area contributed by atoms with Gasteiger partial charge in [0.15, 0.2) is 0 Å². The van der Waals surface area contributed by atoms with Crippen molar-refractivity contribution in [3.05, 3.63) is 30.3 Å². The van der Waals surface area contributed by atoms with E-state index >= 15 is 0 Å². The molecule has 2 N–H and O–H groups in total. The van der Waals surface area contributed by atoms with Crippen molar-refractivity contribution >= 4 is 22.4 Å². The topological polar surface area (TPSA) is 45.4 Å². The highest BCUT2D eigenvalue weighted by molar-refractivity contribution is 7.11. The van der Waals surface area contributed by atoms with Crippen molar-refractivity contribution in [3.63, 3.8) is 0 Å². The molecular weight excluding hydrogens is 256 g/mol. The fourth-order valence-corrected chi connectivity index (χ4v) is 2.70. The molecule has 19 heavy (non-hydrogen) atoms. The van der Waals surface area contributed by atoms with Crippen LogP contribution in [0.2, 0.25) is 0 Å². The summed E-state index contributed by atoms with van der Waals surface area (Å²) in [6, 6.07) is 10.2. The lowest BCUT2D eigenvalue weighted by Crippen LogP contribution is -2.28. The molecule has 102 valence electrons. The van der Waals surface area contributed by atoms with Crippen LogP contribution in [0, 0.1) is 0 Å². The van der Waals surface area contributed by atoms with Gasteiger partial charge in [0.25, 0.3) is 0 Å². The molecular formula is C14H20N4S. The number of benzene rings is 1. The zero-order valence-electron chi connectivity index (χ0n) is 11.6. The fraction of sp³-hybridized carbons (Fsp3) is 0.357. The first-order valence-corrected chi connectivity index (χ1v) is 7.03. The van der Waals surface area contributed by atoms with Gasteiger partial charge in [-0.1, -0.05) is 30.3 Å². The zero-order valence-corrected chi connectivity index (χ0v) is 12.4. The molecule has 0 spiro atoms. The van der Waals surface area contributed by atoms with Gasteiger partial charge in [-0.25, -0.2) is 0 Å². The summed E-state index contributed by atoms with van der Waals surface area (Å²) >= 11 is 1.46. The van der Waals surface area contributed by atoms with Crippen molar-refractivity contribution in [3.8, 4) is 11.1 Å². The maximum Gasteiger partial charge on any atom is 0.147 e. The van der Waals surface area contributed by atoms with E-state index in [0.29, 0.717) is 5.82 Å². The van der Waals surface area contributed by atoms with Crippen LogP contribution >= 0.6 is 11.5 Å². The van der Waals surface area contributed by atoms with E-state index in [1.165, 1.54) is 11.5 Å². The van der Waals surface area contributed by atoms with Crippen LogP contribution in [0.4, 0.5) is 10.8 Å². The first-order chi connectivity index (χ1) is 9.09. The maximum absolute atomic E-state index is 6.03. The molecule has 0 aliphatic rings. The highest BCUT2D eigenvalue weighted by Gasteiger charge is 2.16. The molecule has 1 heterocycles. The molecule has 2 aromatic rings. The molecule has 0 aliphatic heterocycles. The number of hydrogen-bond acceptors (Lipinski definition) is 5. The fourth-order valence-electron chi connectivity index (χ4n) is 1.88. The number of hydrogen-bond donors (Lipinski definition) is 1. The summed E-state index contributed by atoms with van der Waals surface area (Å²) in [7, 11) is 6.24. The van der Waals surface area contributed by atoms with E-state index in [9.17, 15) is 0 Å². The van der Waals surface area contributed by atoms with E-state index in [-0.39, 0.29) is 0 Å². The summed E-state index contributed by atoms with van der Waals surface area (Å²) in [5.41, 5.74) is 8.20. The Balaban J connectivity index is 2.27. The summed E-state index contributed by atoms with van der Waals surface area (Å²) in [5.74, 6) is 0.614. The van der Waals surface area contributed by atoms with Crippen molar-refractivity contribution in [2.24, 2.45) is 0 Å². The number of likely N-dealkylation sites (N-methyl/N-ethyl adjacent to an activating group) is 2. The number of nitrogen functional groups attached to an aromatic ring is 1. The normalized spacial score (nSPS) is 10.9. The van der Waals surface area contributed by atoms with Gasteiger partial charge in [0.1, 0.15) is 10.8 Å².